The minimum atomic E-state index is -0.533. The van der Waals surface area contributed by atoms with Gasteiger partial charge in [0.25, 0.3) is 0 Å². The van der Waals surface area contributed by atoms with Crippen molar-refractivity contribution in [2.24, 2.45) is 0 Å². The Labute approximate surface area is 154 Å². The monoisotopic (exact) mass is 379 g/mol. The Morgan fingerprint density at radius 2 is 1.88 bits per heavy atom. The topological polar surface area (TPSA) is 72.5 Å². The number of esters is 1. The Bertz CT molecular complexity index is 728. The lowest BCUT2D eigenvalue weighted by molar-refractivity contribution is -0.141. The highest BCUT2D eigenvalue weighted by Crippen LogP contribution is 2.20. The summed E-state index contributed by atoms with van der Waals surface area (Å²) in [4.78, 5) is 36.4. The lowest BCUT2D eigenvalue weighted by Gasteiger charge is -2.18. The van der Waals surface area contributed by atoms with E-state index in [9.17, 15) is 14.4 Å². The number of halogens is 1. The van der Waals surface area contributed by atoms with Crippen molar-refractivity contribution in [3.8, 4) is 0 Å². The second-order valence-electron chi connectivity index (χ2n) is 5.35. The number of ether oxygens (including phenoxy) is 1. The zero-order valence-electron chi connectivity index (χ0n) is 13.7. The first-order valence-electron chi connectivity index (χ1n) is 7.68. The molecule has 0 saturated heterocycles. The van der Waals surface area contributed by atoms with Crippen LogP contribution in [-0.2, 0) is 14.3 Å². The molecule has 1 amide bonds. The molecule has 1 aromatic carbocycles. The van der Waals surface area contributed by atoms with Gasteiger partial charge in [-0.3, -0.25) is 14.4 Å². The van der Waals surface area contributed by atoms with Crippen LogP contribution < -0.4 is 5.32 Å². The smallest absolute Gasteiger partial charge is 0.307 e. The fraction of sp³-hybridized carbons (Fsp3) is 0.278. The van der Waals surface area contributed by atoms with Crippen molar-refractivity contribution in [3.05, 3.63) is 57.2 Å². The maximum Gasteiger partial charge on any atom is 0.307 e. The van der Waals surface area contributed by atoms with Gasteiger partial charge in [0.05, 0.1) is 24.4 Å². The molecular weight excluding hydrogens is 362 g/mol. The molecular formula is C18H18ClNO4S. The van der Waals surface area contributed by atoms with Crippen molar-refractivity contribution in [1.29, 1.82) is 0 Å². The van der Waals surface area contributed by atoms with Crippen LogP contribution in [0, 0.1) is 0 Å². The number of Topliss-reactive ketones (excluding diaryl/α,β-unsaturated/α-hetero) is 1. The van der Waals surface area contributed by atoms with E-state index in [1.165, 1.54) is 18.4 Å². The highest BCUT2D eigenvalue weighted by molar-refractivity contribution is 7.12. The lowest BCUT2D eigenvalue weighted by atomic mass is 10.0. The molecule has 0 aliphatic rings. The zero-order chi connectivity index (χ0) is 18.2. The van der Waals surface area contributed by atoms with Crippen LogP contribution in [0.2, 0.25) is 5.02 Å². The summed E-state index contributed by atoms with van der Waals surface area (Å²) in [6.07, 6.45) is 0.183. The third-order valence-electron chi connectivity index (χ3n) is 3.58. The van der Waals surface area contributed by atoms with Gasteiger partial charge in [0, 0.05) is 17.9 Å². The molecule has 1 atom stereocenters. The second kappa shape index (κ2) is 9.34. The Morgan fingerprint density at radius 3 is 2.48 bits per heavy atom. The summed E-state index contributed by atoms with van der Waals surface area (Å²) in [5.41, 5.74) is 0.743. The highest BCUT2D eigenvalue weighted by Gasteiger charge is 2.19. The van der Waals surface area contributed by atoms with Crippen molar-refractivity contribution in [1.82, 2.24) is 5.32 Å². The van der Waals surface area contributed by atoms with Gasteiger partial charge < -0.3 is 10.1 Å². The summed E-state index contributed by atoms with van der Waals surface area (Å²) in [5, 5.41) is 5.17. The average Bonchev–Trinajstić information content (AvgIpc) is 3.14. The first kappa shape index (κ1) is 19.1. The van der Waals surface area contributed by atoms with Crippen LogP contribution in [0.25, 0.3) is 0 Å². The summed E-state index contributed by atoms with van der Waals surface area (Å²) in [6.45, 7) is 0. The normalized spacial score (nSPS) is 11.6. The van der Waals surface area contributed by atoms with Crippen molar-refractivity contribution < 1.29 is 19.1 Å². The summed E-state index contributed by atoms with van der Waals surface area (Å²) >= 11 is 7.22. The first-order valence-corrected chi connectivity index (χ1v) is 8.93. The predicted octanol–water partition coefficient (Wildman–Crippen LogP) is 3.79. The van der Waals surface area contributed by atoms with E-state index in [1.807, 2.05) is 5.38 Å². The van der Waals surface area contributed by atoms with Crippen molar-refractivity contribution in [2.45, 2.75) is 25.3 Å². The molecule has 1 aromatic heterocycles. The lowest BCUT2D eigenvalue weighted by Crippen LogP contribution is -2.30. The molecule has 0 saturated carbocycles. The van der Waals surface area contributed by atoms with Gasteiger partial charge in [0.15, 0.2) is 5.78 Å². The predicted molar refractivity (Wildman–Crippen MR) is 96.9 cm³/mol. The van der Waals surface area contributed by atoms with Crippen molar-refractivity contribution in [2.75, 3.05) is 7.11 Å². The number of thiophene rings is 1. The quantitative estimate of drug-likeness (QED) is 0.559. The van der Waals surface area contributed by atoms with E-state index in [4.69, 9.17) is 11.6 Å². The summed E-state index contributed by atoms with van der Waals surface area (Å²) in [5.74, 6) is -0.801. The fourth-order valence-electron chi connectivity index (χ4n) is 2.25. The van der Waals surface area contributed by atoms with Gasteiger partial charge in [-0.25, -0.2) is 0 Å². The number of hydrogen-bond donors (Lipinski definition) is 1. The standard InChI is InChI=1S/C18H18ClNO4S/c1-24-18(23)11-14(12-4-6-13(19)7-5-12)20-17(22)9-8-15(21)16-3-2-10-25-16/h2-7,10,14H,8-9,11H2,1H3,(H,20,22). The fourth-order valence-corrected chi connectivity index (χ4v) is 3.07. The van der Waals surface area contributed by atoms with Gasteiger partial charge in [-0.1, -0.05) is 29.8 Å². The van der Waals surface area contributed by atoms with Crippen LogP contribution in [0.5, 0.6) is 0 Å². The number of amides is 1. The minimum absolute atomic E-state index is 0.00272. The Hall–Kier alpha value is -2.18. The van der Waals surface area contributed by atoms with Crippen LogP contribution in [-0.4, -0.2) is 24.8 Å². The second-order valence-corrected chi connectivity index (χ2v) is 6.74. The highest BCUT2D eigenvalue weighted by atomic mass is 35.5. The third kappa shape index (κ3) is 5.99. The molecule has 1 heterocycles. The first-order chi connectivity index (χ1) is 12.0. The van der Waals surface area contributed by atoms with Gasteiger partial charge in [-0.2, -0.15) is 0 Å². The van der Waals surface area contributed by atoms with Gasteiger partial charge in [-0.15, -0.1) is 11.3 Å². The Kier molecular flexibility index (Phi) is 7.16. The number of carbonyl (C=O) groups is 3. The number of methoxy groups -OCH3 is 1. The Morgan fingerprint density at radius 1 is 1.16 bits per heavy atom. The minimum Gasteiger partial charge on any atom is -0.469 e. The third-order valence-corrected chi connectivity index (χ3v) is 4.74. The van der Waals surface area contributed by atoms with Crippen LogP contribution >= 0.6 is 22.9 Å². The number of benzene rings is 1. The number of ketones is 1. The van der Waals surface area contributed by atoms with Gasteiger partial charge in [-0.05, 0) is 29.1 Å². The number of carbonyl (C=O) groups excluding carboxylic acids is 3. The van der Waals surface area contributed by atoms with Crippen molar-refractivity contribution >= 4 is 40.6 Å². The number of hydrogen-bond acceptors (Lipinski definition) is 5. The van der Waals surface area contributed by atoms with E-state index in [-0.39, 0.29) is 31.0 Å². The maximum absolute atomic E-state index is 12.2. The van der Waals surface area contributed by atoms with Gasteiger partial charge in [0.2, 0.25) is 5.91 Å². The largest absolute Gasteiger partial charge is 0.469 e. The van der Waals surface area contributed by atoms with Gasteiger partial charge in [0.1, 0.15) is 0 Å². The molecule has 1 unspecified atom stereocenters. The van der Waals surface area contributed by atoms with Crippen molar-refractivity contribution in [3.63, 3.8) is 0 Å². The van der Waals surface area contributed by atoms with E-state index in [0.29, 0.717) is 9.90 Å². The molecule has 2 aromatic rings. The SMILES string of the molecule is COC(=O)CC(NC(=O)CCC(=O)c1cccs1)c1ccc(Cl)cc1. The summed E-state index contributed by atoms with van der Waals surface area (Å²) < 4.78 is 4.69. The molecule has 0 aliphatic carbocycles. The molecule has 7 heteroatoms. The molecule has 5 nitrogen and oxygen atoms in total. The number of nitrogens with one attached hydrogen (secondary N) is 1. The maximum atomic E-state index is 12.2. The molecule has 1 N–H and O–H groups in total. The van der Waals surface area contributed by atoms with Crippen LogP contribution in [0.4, 0.5) is 0 Å². The zero-order valence-corrected chi connectivity index (χ0v) is 15.2. The molecule has 0 fully saturated rings. The Balaban J connectivity index is 1.97. The van der Waals surface area contributed by atoms with E-state index in [1.54, 1.807) is 36.4 Å². The van der Waals surface area contributed by atoms with E-state index in [0.717, 1.165) is 5.56 Å². The van der Waals surface area contributed by atoms with Crippen LogP contribution in [0.3, 0.4) is 0 Å². The van der Waals surface area contributed by atoms with E-state index < -0.39 is 12.0 Å². The van der Waals surface area contributed by atoms with Crippen LogP contribution in [0.15, 0.2) is 41.8 Å². The number of rotatable bonds is 8. The van der Waals surface area contributed by atoms with Gasteiger partial charge >= 0.3 is 5.97 Å². The van der Waals surface area contributed by atoms with E-state index in [2.05, 4.69) is 10.1 Å². The summed E-state index contributed by atoms with van der Waals surface area (Å²) in [6, 6.07) is 9.86. The van der Waals surface area contributed by atoms with E-state index >= 15 is 0 Å². The molecule has 25 heavy (non-hydrogen) atoms. The molecule has 2 rings (SSSR count). The molecule has 0 radical (unpaired) electrons. The molecule has 0 aliphatic heterocycles. The molecule has 132 valence electrons. The molecule has 0 spiro atoms. The summed E-state index contributed by atoms with van der Waals surface area (Å²) in [7, 11) is 1.29. The van der Waals surface area contributed by atoms with Crippen LogP contribution in [0.1, 0.15) is 40.5 Å². The molecule has 0 bridgehead atoms. The average molecular weight is 380 g/mol.